The van der Waals surface area contributed by atoms with Crippen molar-refractivity contribution in [3.05, 3.63) is 132 Å². The van der Waals surface area contributed by atoms with Crippen LogP contribution in [0.4, 0.5) is 5.69 Å². The lowest BCUT2D eigenvalue weighted by Gasteiger charge is -2.27. The number of unbranched alkanes of at least 4 members (excludes halogenated alkanes) is 2. The summed E-state index contributed by atoms with van der Waals surface area (Å²) in [4.78, 5) is 11.1. The van der Waals surface area contributed by atoms with E-state index in [0.717, 1.165) is 37.5 Å². The Balaban J connectivity index is 1.37. The molecule has 0 aliphatic rings. The lowest BCUT2D eigenvalue weighted by atomic mass is 10.2. The van der Waals surface area contributed by atoms with E-state index in [9.17, 15) is 10.1 Å². The summed E-state index contributed by atoms with van der Waals surface area (Å²) in [7, 11) is -1.79. The van der Waals surface area contributed by atoms with Crippen molar-refractivity contribution in [2.75, 3.05) is 6.16 Å². The maximum Gasteiger partial charge on any atom is 0.278 e. The maximum atomic E-state index is 11.4. The summed E-state index contributed by atoms with van der Waals surface area (Å²) >= 11 is 0. The molecule has 0 aliphatic heterocycles. The minimum atomic E-state index is -1.79. The van der Waals surface area contributed by atoms with Gasteiger partial charge in [-0.1, -0.05) is 60.7 Å². The fourth-order valence-corrected chi connectivity index (χ4v) is 9.66. The fraction of sp³-hybridized carbons (Fsp3) is 0.161. The second kappa shape index (κ2) is 10.9. The van der Waals surface area contributed by atoms with Gasteiger partial charge in [-0.25, -0.2) is 0 Å². The highest BCUT2D eigenvalue weighted by Crippen LogP contribution is 2.56. The number of aromatic nitrogens is 1. The van der Waals surface area contributed by atoms with Crippen LogP contribution in [0.15, 0.2) is 121 Å². The number of aryl methyl sites for hydroxylation is 1. The normalized spacial score (nSPS) is 11.6. The first kappa shape index (κ1) is 24.0. The molecule has 5 aromatic rings. The van der Waals surface area contributed by atoms with Gasteiger partial charge in [0.05, 0.1) is 22.0 Å². The Morgan fingerprint density at radius 1 is 0.639 bits per heavy atom. The molecule has 4 aromatic carbocycles. The predicted octanol–water partition coefficient (Wildman–Crippen LogP) is 6.71. The molecule has 180 valence electrons. The van der Waals surface area contributed by atoms with Crippen molar-refractivity contribution in [1.82, 2.24) is 4.57 Å². The highest BCUT2D eigenvalue weighted by Gasteiger charge is 2.44. The standard InChI is InChI=1S/C31H30N2O2P/c34-33(35)31-21-13-20-30-29(31)22-24-32(30)23-11-4-12-25-36(26-14-5-1-6-15-26,27-16-7-2-8-17-27)28-18-9-3-10-19-28/h1-3,5-10,13-22,24H,4,11-12,23,25H2/q+1. The zero-order chi connectivity index (χ0) is 24.8. The van der Waals surface area contributed by atoms with Crippen LogP contribution in [0.5, 0.6) is 0 Å². The summed E-state index contributed by atoms with van der Waals surface area (Å²) in [5, 5.41) is 16.3. The third-order valence-corrected chi connectivity index (χ3v) is 11.5. The first-order valence-electron chi connectivity index (χ1n) is 12.5. The molecule has 5 heteroatoms. The number of non-ortho nitro benzene ring substituents is 1. The first-order chi connectivity index (χ1) is 17.7. The predicted molar refractivity (Wildman–Crippen MR) is 152 cm³/mol. The molecule has 0 atom stereocenters. The van der Waals surface area contributed by atoms with Gasteiger partial charge in [0.2, 0.25) is 0 Å². The Bertz CT molecular complexity index is 1340. The number of nitro groups is 1. The van der Waals surface area contributed by atoms with Gasteiger partial charge in [-0.05, 0) is 67.8 Å². The molecule has 0 spiro atoms. The van der Waals surface area contributed by atoms with Gasteiger partial charge in [0.15, 0.2) is 0 Å². The number of hydrogen-bond donors (Lipinski definition) is 0. The van der Waals surface area contributed by atoms with E-state index in [1.807, 2.05) is 18.3 Å². The van der Waals surface area contributed by atoms with Crippen molar-refractivity contribution in [2.24, 2.45) is 0 Å². The quantitative estimate of drug-likeness (QED) is 0.0939. The second-order valence-electron chi connectivity index (χ2n) is 9.08. The van der Waals surface area contributed by atoms with Crippen LogP contribution in [0.3, 0.4) is 0 Å². The number of nitro benzene ring substituents is 1. The van der Waals surface area contributed by atoms with Crippen molar-refractivity contribution >= 4 is 39.8 Å². The highest BCUT2D eigenvalue weighted by atomic mass is 31.2. The van der Waals surface area contributed by atoms with Gasteiger partial charge in [0.25, 0.3) is 5.69 Å². The molecule has 5 rings (SSSR count). The molecule has 0 saturated carbocycles. The summed E-state index contributed by atoms with van der Waals surface area (Å²) < 4.78 is 2.15. The van der Waals surface area contributed by atoms with E-state index in [4.69, 9.17) is 0 Å². The molecule has 1 aromatic heterocycles. The third kappa shape index (κ3) is 4.69. The van der Waals surface area contributed by atoms with Gasteiger partial charge in [-0.3, -0.25) is 10.1 Å². The zero-order valence-electron chi connectivity index (χ0n) is 20.2. The summed E-state index contributed by atoms with van der Waals surface area (Å²) in [6.07, 6.45) is 6.34. The number of nitrogens with zero attached hydrogens (tertiary/aromatic N) is 2. The number of benzene rings is 4. The van der Waals surface area contributed by atoms with Crippen LogP contribution in [-0.4, -0.2) is 15.7 Å². The minimum absolute atomic E-state index is 0.175. The number of rotatable bonds is 10. The van der Waals surface area contributed by atoms with E-state index in [2.05, 4.69) is 95.6 Å². The molecular formula is C31H30N2O2P+. The van der Waals surface area contributed by atoms with Crippen LogP contribution in [0.25, 0.3) is 10.9 Å². The van der Waals surface area contributed by atoms with E-state index in [0.29, 0.717) is 5.39 Å². The van der Waals surface area contributed by atoms with E-state index in [1.165, 1.54) is 15.9 Å². The Hall–Kier alpha value is -3.75. The maximum absolute atomic E-state index is 11.4. The van der Waals surface area contributed by atoms with Gasteiger partial charge < -0.3 is 4.57 Å². The Morgan fingerprint density at radius 2 is 1.19 bits per heavy atom. The van der Waals surface area contributed by atoms with Crippen LogP contribution >= 0.6 is 7.26 Å². The molecule has 0 N–H and O–H groups in total. The van der Waals surface area contributed by atoms with Crippen LogP contribution < -0.4 is 15.9 Å². The second-order valence-corrected chi connectivity index (χ2v) is 12.7. The molecular weight excluding hydrogens is 463 g/mol. The molecule has 0 amide bonds. The largest absolute Gasteiger partial charge is 0.347 e. The van der Waals surface area contributed by atoms with E-state index >= 15 is 0 Å². The fourth-order valence-electron chi connectivity index (χ4n) is 5.25. The average Bonchev–Trinajstić information content (AvgIpc) is 3.35. The lowest BCUT2D eigenvalue weighted by Crippen LogP contribution is -2.33. The van der Waals surface area contributed by atoms with E-state index in [1.54, 1.807) is 12.1 Å². The van der Waals surface area contributed by atoms with Crippen LogP contribution in [-0.2, 0) is 6.54 Å². The van der Waals surface area contributed by atoms with Crippen LogP contribution in [0.1, 0.15) is 19.3 Å². The van der Waals surface area contributed by atoms with Gasteiger partial charge >= 0.3 is 0 Å². The molecule has 4 nitrogen and oxygen atoms in total. The third-order valence-electron chi connectivity index (χ3n) is 6.97. The van der Waals surface area contributed by atoms with Crippen LogP contribution in [0, 0.1) is 10.1 Å². The molecule has 1 heterocycles. The van der Waals surface area contributed by atoms with Gasteiger partial charge in [0, 0.05) is 18.8 Å². The first-order valence-corrected chi connectivity index (χ1v) is 14.4. The SMILES string of the molecule is O=[N+]([O-])c1cccc2c1ccn2CCCCC[P+](c1ccccc1)(c1ccccc1)c1ccccc1. The van der Waals surface area contributed by atoms with E-state index in [-0.39, 0.29) is 10.6 Å². The monoisotopic (exact) mass is 493 g/mol. The van der Waals surface area contributed by atoms with Crippen molar-refractivity contribution in [2.45, 2.75) is 25.8 Å². The molecule has 0 bridgehead atoms. The smallest absolute Gasteiger partial charge is 0.278 e. The summed E-state index contributed by atoms with van der Waals surface area (Å²) in [6.45, 7) is 0.859. The van der Waals surface area contributed by atoms with Crippen molar-refractivity contribution in [3.8, 4) is 0 Å². The minimum Gasteiger partial charge on any atom is -0.347 e. The zero-order valence-corrected chi connectivity index (χ0v) is 21.1. The average molecular weight is 494 g/mol. The summed E-state index contributed by atoms with van der Waals surface area (Å²) in [6, 6.07) is 40.2. The molecule has 0 saturated heterocycles. The van der Waals surface area contributed by atoms with Crippen molar-refractivity contribution < 1.29 is 4.92 Å². The molecule has 0 fully saturated rings. The van der Waals surface area contributed by atoms with E-state index < -0.39 is 7.26 Å². The molecule has 36 heavy (non-hydrogen) atoms. The molecule has 0 unspecified atom stereocenters. The van der Waals surface area contributed by atoms with Gasteiger partial charge in [-0.2, -0.15) is 0 Å². The molecule has 0 aliphatic carbocycles. The summed E-state index contributed by atoms with van der Waals surface area (Å²) in [5.41, 5.74) is 1.11. The summed E-state index contributed by atoms with van der Waals surface area (Å²) in [5.74, 6) is 0. The Labute approximate surface area is 212 Å². The Morgan fingerprint density at radius 3 is 1.72 bits per heavy atom. The van der Waals surface area contributed by atoms with Crippen molar-refractivity contribution in [3.63, 3.8) is 0 Å². The number of fused-ring (bicyclic) bond motifs is 1. The number of hydrogen-bond acceptors (Lipinski definition) is 2. The van der Waals surface area contributed by atoms with Gasteiger partial charge in [-0.15, -0.1) is 0 Å². The Kier molecular flexibility index (Phi) is 7.25. The highest BCUT2D eigenvalue weighted by molar-refractivity contribution is 7.95. The lowest BCUT2D eigenvalue weighted by molar-refractivity contribution is -0.383. The van der Waals surface area contributed by atoms with Crippen molar-refractivity contribution in [1.29, 1.82) is 0 Å². The molecule has 0 radical (unpaired) electrons. The van der Waals surface area contributed by atoms with Crippen LogP contribution in [0.2, 0.25) is 0 Å². The van der Waals surface area contributed by atoms with Gasteiger partial charge in [0.1, 0.15) is 23.2 Å². The topological polar surface area (TPSA) is 48.1 Å².